The van der Waals surface area contributed by atoms with Gasteiger partial charge in [-0.2, -0.15) is 13.2 Å². The minimum Gasteiger partial charge on any atom is -0.396 e. The molecule has 2 aromatic heterocycles. The minimum atomic E-state index is -4.51. The molecule has 0 aromatic carbocycles. The van der Waals surface area contributed by atoms with Gasteiger partial charge in [-0.15, -0.1) is 0 Å². The number of nitrogens with one attached hydrogen (secondary N) is 1. The number of alkyl halides is 3. The van der Waals surface area contributed by atoms with E-state index < -0.39 is 11.9 Å². The molecule has 0 saturated heterocycles. The molecule has 0 bridgehead atoms. The molecule has 0 spiro atoms. The number of nitrogen functional groups attached to an aromatic ring is 1. The van der Waals surface area contributed by atoms with Crippen molar-refractivity contribution in [2.24, 2.45) is 0 Å². The highest BCUT2D eigenvalue weighted by Gasteiger charge is 2.32. The molecule has 2 heterocycles. The van der Waals surface area contributed by atoms with Gasteiger partial charge in [0.25, 0.3) is 0 Å². The van der Waals surface area contributed by atoms with Crippen LogP contribution in [0.2, 0.25) is 0 Å². The molecule has 0 atom stereocenters. The summed E-state index contributed by atoms with van der Waals surface area (Å²) in [5, 5.41) is 6.43. The molecule has 0 saturated carbocycles. The smallest absolute Gasteiger partial charge is 0.396 e. The lowest BCUT2D eigenvalue weighted by Gasteiger charge is -2.11. The number of aromatic nitrogens is 2. The summed E-state index contributed by atoms with van der Waals surface area (Å²) < 4.78 is 42.5. The number of aryl methyl sites for hydroxylation is 1. The fourth-order valence-electron chi connectivity index (χ4n) is 1.46. The number of anilines is 2. The molecule has 0 aliphatic carbocycles. The van der Waals surface area contributed by atoms with Crippen LogP contribution < -0.4 is 11.1 Å². The van der Waals surface area contributed by atoms with Gasteiger partial charge >= 0.3 is 6.18 Å². The Labute approximate surface area is 106 Å². The second kappa shape index (κ2) is 4.79. The fraction of sp³-hybridized carbons (Fsp3) is 0.273. The highest BCUT2D eigenvalue weighted by Crippen LogP contribution is 2.31. The van der Waals surface area contributed by atoms with E-state index in [-0.39, 0.29) is 17.9 Å². The van der Waals surface area contributed by atoms with E-state index in [0.29, 0.717) is 11.5 Å². The van der Waals surface area contributed by atoms with Crippen LogP contribution in [0.4, 0.5) is 24.5 Å². The van der Waals surface area contributed by atoms with E-state index in [2.05, 4.69) is 15.5 Å². The molecule has 0 aliphatic heterocycles. The van der Waals surface area contributed by atoms with Crippen molar-refractivity contribution in [3.63, 3.8) is 0 Å². The Morgan fingerprint density at radius 3 is 2.68 bits per heavy atom. The minimum absolute atomic E-state index is 0.129. The average molecular weight is 272 g/mol. The molecule has 2 rings (SSSR count). The molecule has 0 aliphatic rings. The van der Waals surface area contributed by atoms with Gasteiger partial charge in [-0.25, -0.2) is 4.98 Å². The molecule has 0 amide bonds. The molecule has 0 fully saturated rings. The lowest BCUT2D eigenvalue weighted by Crippen LogP contribution is -2.10. The van der Waals surface area contributed by atoms with Gasteiger partial charge in [0.15, 0.2) is 5.76 Å². The number of pyridine rings is 1. The predicted molar refractivity (Wildman–Crippen MR) is 62.2 cm³/mol. The van der Waals surface area contributed by atoms with E-state index in [1.807, 2.05) is 0 Å². The summed E-state index contributed by atoms with van der Waals surface area (Å²) in [4.78, 5) is 3.24. The summed E-state index contributed by atoms with van der Waals surface area (Å²) in [6.07, 6.45) is -3.54. The van der Waals surface area contributed by atoms with Crippen LogP contribution in [0, 0.1) is 6.92 Å². The predicted octanol–water partition coefficient (Wildman–Crippen LogP) is 2.59. The lowest BCUT2D eigenvalue weighted by molar-refractivity contribution is -0.141. The van der Waals surface area contributed by atoms with Crippen molar-refractivity contribution in [1.82, 2.24) is 10.1 Å². The zero-order valence-electron chi connectivity index (χ0n) is 9.95. The number of nitrogens with two attached hydrogens (primary N) is 1. The Kier molecular flexibility index (Phi) is 3.32. The van der Waals surface area contributed by atoms with E-state index in [0.717, 1.165) is 12.3 Å². The van der Waals surface area contributed by atoms with E-state index in [1.165, 1.54) is 0 Å². The van der Waals surface area contributed by atoms with Crippen molar-refractivity contribution < 1.29 is 17.7 Å². The number of hydrogen-bond acceptors (Lipinski definition) is 5. The van der Waals surface area contributed by atoms with Crippen LogP contribution in [0.3, 0.4) is 0 Å². The number of nitrogens with zero attached hydrogens (tertiary/aromatic N) is 2. The summed E-state index contributed by atoms with van der Waals surface area (Å²) >= 11 is 0. The van der Waals surface area contributed by atoms with Crippen molar-refractivity contribution in [3.05, 3.63) is 35.5 Å². The van der Waals surface area contributed by atoms with Crippen molar-refractivity contribution in [1.29, 1.82) is 0 Å². The Hall–Kier alpha value is -2.25. The van der Waals surface area contributed by atoms with Gasteiger partial charge in [-0.3, -0.25) is 0 Å². The van der Waals surface area contributed by atoms with Gasteiger partial charge in [0.2, 0.25) is 0 Å². The Morgan fingerprint density at radius 1 is 1.37 bits per heavy atom. The Bertz CT molecular complexity index is 580. The molecule has 5 nitrogen and oxygen atoms in total. The first kappa shape index (κ1) is 13.2. The largest absolute Gasteiger partial charge is 0.433 e. The quantitative estimate of drug-likeness (QED) is 0.898. The molecule has 8 heteroatoms. The van der Waals surface area contributed by atoms with E-state index >= 15 is 0 Å². The first-order chi connectivity index (χ1) is 8.86. The van der Waals surface area contributed by atoms with Crippen molar-refractivity contribution in [2.75, 3.05) is 11.1 Å². The first-order valence-electron chi connectivity index (χ1n) is 5.35. The zero-order chi connectivity index (χ0) is 14.0. The normalized spacial score (nSPS) is 11.6. The van der Waals surface area contributed by atoms with Gasteiger partial charge in [0, 0.05) is 6.07 Å². The van der Waals surface area contributed by atoms with Crippen LogP contribution in [-0.2, 0) is 12.7 Å². The zero-order valence-corrected chi connectivity index (χ0v) is 9.95. The van der Waals surface area contributed by atoms with Crippen LogP contribution in [0.5, 0.6) is 0 Å². The molecule has 3 N–H and O–H groups in total. The molecule has 102 valence electrons. The van der Waals surface area contributed by atoms with Crippen molar-refractivity contribution in [2.45, 2.75) is 19.6 Å². The number of hydrogen-bond donors (Lipinski definition) is 2. The Balaban J connectivity index is 2.15. The standard InChI is InChI=1S/C11H11F3N4O/c1-6-2-7(19-18-6)4-16-9-3-10(11(12,13)14)17-5-8(9)15/h2-3,5H,4,15H2,1H3,(H,16,17). The molecular weight excluding hydrogens is 261 g/mol. The van der Waals surface area contributed by atoms with Crippen LogP contribution >= 0.6 is 0 Å². The summed E-state index contributed by atoms with van der Waals surface area (Å²) in [6.45, 7) is 1.93. The van der Waals surface area contributed by atoms with E-state index in [9.17, 15) is 13.2 Å². The second-order valence-electron chi connectivity index (χ2n) is 3.94. The van der Waals surface area contributed by atoms with Gasteiger partial charge in [0.05, 0.1) is 29.8 Å². The highest BCUT2D eigenvalue weighted by atomic mass is 19.4. The van der Waals surface area contributed by atoms with E-state index in [4.69, 9.17) is 10.3 Å². The highest BCUT2D eigenvalue weighted by molar-refractivity contribution is 5.65. The molecular formula is C11H11F3N4O. The summed E-state index contributed by atoms with van der Waals surface area (Å²) in [5.74, 6) is 0.502. The summed E-state index contributed by atoms with van der Waals surface area (Å²) in [7, 11) is 0. The fourth-order valence-corrected chi connectivity index (χ4v) is 1.46. The maximum Gasteiger partial charge on any atom is 0.433 e. The molecule has 2 aromatic rings. The molecule has 0 unspecified atom stereocenters. The SMILES string of the molecule is Cc1cc(CNc2cc(C(F)(F)F)ncc2N)on1. The van der Waals surface area contributed by atoms with Gasteiger partial charge in [0.1, 0.15) is 5.69 Å². The monoisotopic (exact) mass is 272 g/mol. The van der Waals surface area contributed by atoms with Crippen LogP contribution in [0.25, 0.3) is 0 Å². The Morgan fingerprint density at radius 2 is 2.11 bits per heavy atom. The summed E-state index contributed by atoms with van der Waals surface area (Å²) in [5.41, 5.74) is 5.53. The third-order valence-corrected chi connectivity index (χ3v) is 2.36. The van der Waals surface area contributed by atoms with Crippen molar-refractivity contribution >= 4 is 11.4 Å². The van der Waals surface area contributed by atoms with Gasteiger partial charge in [-0.05, 0) is 13.0 Å². The topological polar surface area (TPSA) is 77.0 Å². The summed E-state index contributed by atoms with van der Waals surface area (Å²) in [6, 6.07) is 2.54. The number of rotatable bonds is 3. The third-order valence-electron chi connectivity index (χ3n) is 2.36. The maximum atomic E-state index is 12.5. The van der Waals surface area contributed by atoms with E-state index in [1.54, 1.807) is 13.0 Å². The van der Waals surface area contributed by atoms with Gasteiger partial charge in [-0.1, -0.05) is 5.16 Å². The molecule has 0 radical (unpaired) electrons. The first-order valence-corrected chi connectivity index (χ1v) is 5.35. The third kappa shape index (κ3) is 3.15. The average Bonchev–Trinajstić information content (AvgIpc) is 2.72. The van der Waals surface area contributed by atoms with Crippen LogP contribution in [0.1, 0.15) is 17.1 Å². The second-order valence-corrected chi connectivity index (χ2v) is 3.94. The van der Waals surface area contributed by atoms with Crippen LogP contribution in [-0.4, -0.2) is 10.1 Å². The number of halogens is 3. The van der Waals surface area contributed by atoms with Gasteiger partial charge < -0.3 is 15.6 Å². The molecule has 19 heavy (non-hydrogen) atoms. The lowest BCUT2D eigenvalue weighted by atomic mass is 10.2. The maximum absolute atomic E-state index is 12.5. The van der Waals surface area contributed by atoms with Crippen molar-refractivity contribution in [3.8, 4) is 0 Å². The van der Waals surface area contributed by atoms with Crippen LogP contribution in [0.15, 0.2) is 22.9 Å².